The molecule has 0 atom stereocenters. The Bertz CT molecular complexity index is 216. The first-order valence-corrected chi connectivity index (χ1v) is 9.69. The summed E-state index contributed by atoms with van der Waals surface area (Å²) in [6.07, 6.45) is 0. The van der Waals surface area contributed by atoms with E-state index in [0.717, 1.165) is 44.2 Å². The molecule has 0 spiro atoms. The second-order valence-electron chi connectivity index (χ2n) is 6.48. The maximum atomic E-state index is 5.69. The Morgan fingerprint density at radius 3 is 1.91 bits per heavy atom. The molecule has 22 heavy (non-hydrogen) atoms. The van der Waals surface area contributed by atoms with Crippen LogP contribution in [0.2, 0.25) is 0 Å². The van der Waals surface area contributed by atoms with Gasteiger partial charge in [0.05, 0.1) is 13.2 Å². The molecule has 5 heteroatoms. The third-order valence-electron chi connectivity index (χ3n) is 2.28. The minimum absolute atomic E-state index is 0.000437. The van der Waals surface area contributed by atoms with E-state index in [0.29, 0.717) is 13.2 Å². The van der Waals surface area contributed by atoms with Crippen molar-refractivity contribution in [3.63, 3.8) is 0 Å². The van der Waals surface area contributed by atoms with Gasteiger partial charge in [0.2, 0.25) is 0 Å². The summed E-state index contributed by atoms with van der Waals surface area (Å²) < 4.78 is 15.1. The maximum absolute atomic E-state index is 5.69. The van der Waals surface area contributed by atoms with Crippen LogP contribution in [0.25, 0.3) is 0 Å². The van der Waals surface area contributed by atoms with Crippen LogP contribution in [0.1, 0.15) is 27.7 Å². The summed E-state index contributed by atoms with van der Waals surface area (Å²) in [5.41, 5.74) is 0.151. The summed E-state index contributed by atoms with van der Waals surface area (Å²) in [5.74, 6) is 0. The van der Waals surface area contributed by atoms with E-state index in [-0.39, 0.29) is 10.8 Å². The molecule has 0 aliphatic carbocycles. The predicted molar refractivity (Wildman–Crippen MR) is 92.8 cm³/mol. The molecule has 0 fully saturated rings. The van der Waals surface area contributed by atoms with E-state index in [9.17, 15) is 0 Å². The van der Waals surface area contributed by atoms with Crippen molar-refractivity contribution < 1.29 is 32.1 Å². The molecule has 0 heterocycles. The molecular formula is C17H37NO3Zn-2. The van der Waals surface area contributed by atoms with E-state index in [1.165, 1.54) is 0 Å². The Labute approximate surface area is 148 Å². The van der Waals surface area contributed by atoms with Crippen LogP contribution in [-0.2, 0) is 32.1 Å². The van der Waals surface area contributed by atoms with E-state index in [4.69, 9.17) is 9.47 Å². The van der Waals surface area contributed by atoms with Crippen LogP contribution < -0.4 is 5.32 Å². The molecule has 0 rings (SSSR count). The normalized spacial score (nSPS) is 11.2. The number of hydrogen-bond acceptors (Lipinski definition) is 4. The fourth-order valence-electron chi connectivity index (χ4n) is 1.26. The van der Waals surface area contributed by atoms with Crippen molar-refractivity contribution in [2.75, 3.05) is 53.7 Å². The molecule has 132 valence electrons. The van der Waals surface area contributed by atoms with Gasteiger partial charge in [-0.15, -0.1) is 5.41 Å². The molecule has 0 aromatic heterocycles. The SMILES string of the molecule is [CH2-]C(C)(C)COCC(C)(C)CNCCOC.[CH2-]COC.[CH2]=[Zn]. The quantitative estimate of drug-likeness (QED) is 0.365. The van der Waals surface area contributed by atoms with E-state index >= 15 is 0 Å². The summed E-state index contributed by atoms with van der Waals surface area (Å²) in [5, 5.41) is 6.73. The molecule has 0 bridgehead atoms. The summed E-state index contributed by atoms with van der Waals surface area (Å²) in [6, 6.07) is 0. The Balaban J connectivity index is -0.000000516. The van der Waals surface area contributed by atoms with E-state index in [2.05, 4.69) is 56.7 Å². The first kappa shape index (κ1) is 27.2. The zero-order valence-electron chi connectivity index (χ0n) is 15.8. The van der Waals surface area contributed by atoms with Gasteiger partial charge in [-0.3, -0.25) is 0 Å². The Hall–Kier alpha value is 0.333. The number of nitrogens with one attached hydrogen (secondary N) is 1. The molecule has 0 radical (unpaired) electrons. The van der Waals surface area contributed by atoms with Crippen LogP contribution in [0.4, 0.5) is 0 Å². The van der Waals surface area contributed by atoms with Gasteiger partial charge in [0, 0.05) is 39.3 Å². The molecule has 0 unspecified atom stereocenters. The molecule has 4 nitrogen and oxygen atoms in total. The number of hydrogen-bond donors (Lipinski definition) is 1. The topological polar surface area (TPSA) is 39.7 Å². The Kier molecular flexibility index (Phi) is 21.9. The molecule has 0 aliphatic heterocycles. The molecule has 0 aliphatic rings. The van der Waals surface area contributed by atoms with Crippen LogP contribution in [0.15, 0.2) is 0 Å². The van der Waals surface area contributed by atoms with Gasteiger partial charge in [-0.2, -0.15) is 0 Å². The number of ether oxygens (including phenoxy) is 3. The molecule has 0 amide bonds. The summed E-state index contributed by atoms with van der Waals surface area (Å²) in [4.78, 5) is 0. The summed E-state index contributed by atoms with van der Waals surface area (Å²) in [6.45, 7) is 20.6. The molecule has 0 saturated carbocycles. The Morgan fingerprint density at radius 1 is 1.05 bits per heavy atom. The molecule has 0 saturated heterocycles. The fraction of sp³-hybridized carbons (Fsp3) is 0.824. The van der Waals surface area contributed by atoms with Crippen LogP contribution >= 0.6 is 0 Å². The summed E-state index contributed by atoms with van der Waals surface area (Å²) in [7, 11) is 3.33. The third kappa shape index (κ3) is 28.5. The molecule has 1 N–H and O–H groups in total. The van der Waals surface area contributed by atoms with Crippen molar-refractivity contribution in [1.29, 1.82) is 0 Å². The molecular weight excluding hydrogens is 332 g/mol. The molecule has 0 aromatic carbocycles. The van der Waals surface area contributed by atoms with Gasteiger partial charge in [-0.05, 0) is 0 Å². The monoisotopic (exact) mass is 367 g/mol. The number of rotatable bonds is 10. The first-order valence-electron chi connectivity index (χ1n) is 7.59. The van der Waals surface area contributed by atoms with Crippen molar-refractivity contribution >= 4 is 5.11 Å². The van der Waals surface area contributed by atoms with Crippen molar-refractivity contribution in [2.24, 2.45) is 10.8 Å². The Morgan fingerprint density at radius 2 is 1.55 bits per heavy atom. The van der Waals surface area contributed by atoms with Crippen molar-refractivity contribution in [3.8, 4) is 0 Å². The second-order valence-corrected chi connectivity index (χ2v) is 6.48. The van der Waals surface area contributed by atoms with Crippen LogP contribution in [0, 0.1) is 24.7 Å². The molecule has 0 aromatic rings. The van der Waals surface area contributed by atoms with Gasteiger partial charge in [-0.25, -0.2) is 0 Å². The first-order chi connectivity index (χ1) is 10.2. The van der Waals surface area contributed by atoms with E-state index < -0.39 is 0 Å². The number of methoxy groups -OCH3 is 2. The van der Waals surface area contributed by atoms with Crippen LogP contribution in [0.5, 0.6) is 0 Å². The zero-order chi connectivity index (χ0) is 18.1. The minimum atomic E-state index is -0.000437. The van der Waals surface area contributed by atoms with Crippen LogP contribution in [0.3, 0.4) is 0 Å². The van der Waals surface area contributed by atoms with E-state index in [1.54, 1.807) is 14.2 Å². The summed E-state index contributed by atoms with van der Waals surface area (Å²) >= 11 is 1.12. The fourth-order valence-corrected chi connectivity index (χ4v) is 1.26. The third-order valence-corrected chi connectivity index (χ3v) is 2.28. The van der Waals surface area contributed by atoms with Gasteiger partial charge in [0.1, 0.15) is 0 Å². The van der Waals surface area contributed by atoms with Crippen LogP contribution in [-0.4, -0.2) is 58.8 Å². The van der Waals surface area contributed by atoms with Gasteiger partial charge in [0.25, 0.3) is 0 Å². The van der Waals surface area contributed by atoms with Crippen molar-refractivity contribution in [3.05, 3.63) is 13.8 Å². The predicted octanol–water partition coefficient (Wildman–Crippen LogP) is 2.56. The zero-order valence-corrected chi connectivity index (χ0v) is 18.8. The van der Waals surface area contributed by atoms with Gasteiger partial charge < -0.3 is 33.4 Å². The van der Waals surface area contributed by atoms with Crippen molar-refractivity contribution in [2.45, 2.75) is 27.7 Å². The second kappa shape index (κ2) is 17.7. The van der Waals surface area contributed by atoms with Gasteiger partial charge in [-0.1, -0.05) is 34.3 Å². The van der Waals surface area contributed by atoms with E-state index in [1.807, 2.05) is 0 Å². The van der Waals surface area contributed by atoms with Gasteiger partial charge >= 0.3 is 23.0 Å². The van der Waals surface area contributed by atoms with Gasteiger partial charge in [0.15, 0.2) is 0 Å². The average molecular weight is 369 g/mol. The van der Waals surface area contributed by atoms with Crippen molar-refractivity contribution in [1.82, 2.24) is 5.32 Å². The standard InChI is InChI=1S/C13H28NO2.C3H7O.CH2.Zn/c1-12(2,3)10-16-11-13(4,5)9-14-7-8-15-6;1-3-4-2;;/h14H,1,7-11H2,2-6H3;1,3H2,2H3;1H2;/q2*-1;;. The average Bonchev–Trinajstić information content (AvgIpc) is 2.44.